The molecule has 2 N–H and O–H groups in total. The Kier molecular flexibility index (Phi) is 4.03. The monoisotopic (exact) mass is 396 g/mol. The van der Waals surface area contributed by atoms with Gasteiger partial charge < -0.3 is 10.2 Å². The van der Waals surface area contributed by atoms with Gasteiger partial charge >= 0.3 is 0 Å². The Morgan fingerprint density at radius 3 is 2.45 bits per heavy atom. The molecule has 8 nitrogen and oxygen atoms in total. The van der Waals surface area contributed by atoms with E-state index in [4.69, 9.17) is 0 Å². The van der Waals surface area contributed by atoms with E-state index in [-0.39, 0.29) is 18.7 Å². The SMILES string of the molecule is Cc1c(N2CC3(CCNCC3)C2)ccc2c1C(=O)N(C1CCC(=O)NC1=O)C2=O. The van der Waals surface area contributed by atoms with Crippen molar-refractivity contribution in [2.75, 3.05) is 31.1 Å². The zero-order valence-electron chi connectivity index (χ0n) is 16.4. The van der Waals surface area contributed by atoms with E-state index in [1.165, 1.54) is 0 Å². The third-order valence-corrected chi connectivity index (χ3v) is 6.90. The minimum Gasteiger partial charge on any atom is -0.370 e. The summed E-state index contributed by atoms with van der Waals surface area (Å²) in [6.45, 7) is 5.90. The summed E-state index contributed by atoms with van der Waals surface area (Å²) in [6.07, 6.45) is 2.62. The molecular weight excluding hydrogens is 372 g/mol. The molecule has 1 unspecified atom stereocenters. The maximum absolute atomic E-state index is 13.1. The van der Waals surface area contributed by atoms with Crippen LogP contribution in [0.2, 0.25) is 0 Å². The van der Waals surface area contributed by atoms with Crippen molar-refractivity contribution in [1.29, 1.82) is 0 Å². The molecule has 0 saturated carbocycles. The molecule has 0 aliphatic carbocycles. The largest absolute Gasteiger partial charge is 0.370 e. The van der Waals surface area contributed by atoms with Gasteiger partial charge in [0.05, 0.1) is 11.1 Å². The van der Waals surface area contributed by atoms with Gasteiger partial charge in [-0.25, -0.2) is 0 Å². The molecule has 0 aromatic heterocycles. The number of hydrogen-bond donors (Lipinski definition) is 2. The number of anilines is 1. The second kappa shape index (κ2) is 6.38. The number of rotatable bonds is 2. The van der Waals surface area contributed by atoms with Crippen LogP contribution in [0, 0.1) is 12.3 Å². The second-order valence-corrected chi connectivity index (χ2v) is 8.69. The first kappa shape index (κ1) is 18.3. The Labute approximate surface area is 168 Å². The van der Waals surface area contributed by atoms with Crippen LogP contribution in [-0.2, 0) is 9.59 Å². The zero-order chi connectivity index (χ0) is 20.3. The van der Waals surface area contributed by atoms with Crippen molar-refractivity contribution in [2.45, 2.75) is 38.6 Å². The molecular formula is C21H24N4O4. The number of nitrogens with zero attached hydrogens (tertiary/aromatic N) is 2. The van der Waals surface area contributed by atoms with E-state index in [9.17, 15) is 19.2 Å². The maximum atomic E-state index is 13.1. The summed E-state index contributed by atoms with van der Waals surface area (Å²) in [6, 6.07) is 2.70. The van der Waals surface area contributed by atoms with Gasteiger partial charge in [0.15, 0.2) is 0 Å². The molecule has 8 heteroatoms. The van der Waals surface area contributed by atoms with Crippen molar-refractivity contribution in [2.24, 2.45) is 5.41 Å². The minimum atomic E-state index is -0.926. The Hall–Kier alpha value is -2.74. The van der Waals surface area contributed by atoms with Crippen molar-refractivity contribution < 1.29 is 19.2 Å². The zero-order valence-corrected chi connectivity index (χ0v) is 16.4. The number of benzene rings is 1. The van der Waals surface area contributed by atoms with Gasteiger partial charge in [0.2, 0.25) is 11.8 Å². The van der Waals surface area contributed by atoms with Crippen LogP contribution in [0.5, 0.6) is 0 Å². The first-order chi connectivity index (χ1) is 13.9. The van der Waals surface area contributed by atoms with Crippen LogP contribution in [0.4, 0.5) is 5.69 Å². The van der Waals surface area contributed by atoms with Crippen LogP contribution in [0.3, 0.4) is 0 Å². The van der Waals surface area contributed by atoms with Crippen molar-refractivity contribution >= 4 is 29.3 Å². The fraction of sp³-hybridized carbons (Fsp3) is 0.524. The summed E-state index contributed by atoms with van der Waals surface area (Å²) >= 11 is 0. The molecule has 0 bridgehead atoms. The molecule has 4 aliphatic heterocycles. The van der Waals surface area contributed by atoms with E-state index < -0.39 is 23.8 Å². The number of carbonyl (C=O) groups is 4. The van der Waals surface area contributed by atoms with Crippen LogP contribution in [0.1, 0.15) is 52.0 Å². The highest BCUT2D eigenvalue weighted by atomic mass is 16.2. The fourth-order valence-corrected chi connectivity index (χ4v) is 5.26. The Morgan fingerprint density at radius 1 is 1.03 bits per heavy atom. The molecule has 3 fully saturated rings. The number of nitrogens with one attached hydrogen (secondary N) is 2. The van der Waals surface area contributed by atoms with Gasteiger partial charge in [-0.2, -0.15) is 0 Å². The highest BCUT2D eigenvalue weighted by Gasteiger charge is 2.47. The highest BCUT2D eigenvalue weighted by Crippen LogP contribution is 2.43. The predicted octanol–water partition coefficient (Wildman–Crippen LogP) is 0.586. The lowest BCUT2D eigenvalue weighted by Gasteiger charge is -2.54. The first-order valence-electron chi connectivity index (χ1n) is 10.2. The molecule has 1 aromatic carbocycles. The van der Waals surface area contributed by atoms with Gasteiger partial charge in [0, 0.05) is 30.6 Å². The molecule has 4 heterocycles. The second-order valence-electron chi connectivity index (χ2n) is 8.69. The summed E-state index contributed by atoms with van der Waals surface area (Å²) in [5.74, 6) is -1.83. The van der Waals surface area contributed by atoms with E-state index in [1.807, 2.05) is 13.0 Å². The number of carbonyl (C=O) groups excluding carboxylic acids is 4. The fourth-order valence-electron chi connectivity index (χ4n) is 5.26. The Morgan fingerprint density at radius 2 is 1.76 bits per heavy atom. The lowest BCUT2D eigenvalue weighted by molar-refractivity contribution is -0.136. The number of fused-ring (bicyclic) bond motifs is 1. The standard InChI is InChI=1S/C21H24N4O4/c1-12-14(24-10-21(11-24)6-8-22-9-7-21)3-2-13-17(12)20(29)25(19(13)28)15-4-5-16(26)23-18(15)27/h2-3,15,22H,4-11H2,1H3,(H,23,26,27). The number of imide groups is 2. The Bertz CT molecular complexity index is 942. The summed E-state index contributed by atoms with van der Waals surface area (Å²) < 4.78 is 0. The lowest BCUT2D eigenvalue weighted by Crippen LogP contribution is -2.60. The van der Waals surface area contributed by atoms with Crippen LogP contribution in [0.15, 0.2) is 12.1 Å². The van der Waals surface area contributed by atoms with Crippen molar-refractivity contribution in [3.8, 4) is 0 Å². The average Bonchev–Trinajstić information content (AvgIpc) is 2.92. The predicted molar refractivity (Wildman–Crippen MR) is 105 cm³/mol. The number of amides is 4. The molecule has 4 aliphatic rings. The normalized spacial score (nSPS) is 25.9. The number of hydrogen-bond acceptors (Lipinski definition) is 6. The maximum Gasteiger partial charge on any atom is 0.262 e. The van der Waals surface area contributed by atoms with Crippen molar-refractivity contribution in [1.82, 2.24) is 15.5 Å². The first-order valence-corrected chi connectivity index (χ1v) is 10.2. The molecule has 1 aromatic rings. The summed E-state index contributed by atoms with van der Waals surface area (Å²) in [7, 11) is 0. The van der Waals surface area contributed by atoms with Crippen molar-refractivity contribution in [3.63, 3.8) is 0 Å². The highest BCUT2D eigenvalue weighted by molar-refractivity contribution is 6.24. The average molecular weight is 396 g/mol. The molecule has 152 valence electrons. The van der Waals surface area contributed by atoms with Gasteiger partial charge in [0.1, 0.15) is 6.04 Å². The Balaban J connectivity index is 1.41. The third-order valence-electron chi connectivity index (χ3n) is 6.90. The molecule has 29 heavy (non-hydrogen) atoms. The van der Waals surface area contributed by atoms with Gasteiger partial charge in [-0.1, -0.05) is 0 Å². The third kappa shape index (κ3) is 2.69. The molecule has 1 spiro atoms. The minimum absolute atomic E-state index is 0.124. The molecule has 4 amide bonds. The lowest BCUT2D eigenvalue weighted by atomic mass is 9.72. The van der Waals surface area contributed by atoms with Gasteiger partial charge in [-0.05, 0) is 57.0 Å². The molecule has 1 atom stereocenters. The molecule has 5 rings (SSSR count). The van der Waals surface area contributed by atoms with E-state index in [2.05, 4.69) is 15.5 Å². The van der Waals surface area contributed by atoms with Crippen molar-refractivity contribution in [3.05, 3.63) is 28.8 Å². The van der Waals surface area contributed by atoms with Gasteiger partial charge in [0.25, 0.3) is 11.8 Å². The topological polar surface area (TPSA) is 98.8 Å². The summed E-state index contributed by atoms with van der Waals surface area (Å²) in [4.78, 5) is 53.0. The van der Waals surface area contributed by atoms with Crippen LogP contribution in [0.25, 0.3) is 0 Å². The number of piperidine rings is 2. The van der Waals surface area contributed by atoms with E-state index >= 15 is 0 Å². The van der Waals surface area contributed by atoms with E-state index in [1.54, 1.807) is 6.07 Å². The van der Waals surface area contributed by atoms with Crippen LogP contribution in [-0.4, -0.2) is 60.7 Å². The van der Waals surface area contributed by atoms with Crippen LogP contribution >= 0.6 is 0 Å². The molecule has 3 saturated heterocycles. The quantitative estimate of drug-likeness (QED) is 0.710. The smallest absolute Gasteiger partial charge is 0.262 e. The molecule has 0 radical (unpaired) electrons. The van der Waals surface area contributed by atoms with Gasteiger partial charge in [-0.15, -0.1) is 0 Å². The summed E-state index contributed by atoms with van der Waals surface area (Å²) in [5.41, 5.74) is 2.87. The van der Waals surface area contributed by atoms with E-state index in [0.717, 1.165) is 55.2 Å². The van der Waals surface area contributed by atoms with Gasteiger partial charge in [-0.3, -0.25) is 29.4 Å². The van der Waals surface area contributed by atoms with Crippen LogP contribution < -0.4 is 15.5 Å². The summed E-state index contributed by atoms with van der Waals surface area (Å²) in [5, 5.41) is 5.63. The van der Waals surface area contributed by atoms with E-state index in [0.29, 0.717) is 16.5 Å².